The Hall–Kier alpha value is -14.2. The molecule has 17 aromatic carbocycles. The van der Waals surface area contributed by atoms with Crippen molar-refractivity contribution in [1.29, 1.82) is 0 Å². The smallest absolute Gasteiger partial charge is 0.252 e. The van der Waals surface area contributed by atoms with Crippen molar-refractivity contribution in [2.45, 2.75) is 0 Å². The molecule has 0 aliphatic carbocycles. The molecule has 0 radical (unpaired) electrons. The Morgan fingerprint density at radius 1 is 0.159 bits per heavy atom. The molecule has 0 atom stereocenters. The fourth-order valence-corrected chi connectivity index (χ4v) is 20.1. The Balaban J connectivity index is 0.870. The van der Waals surface area contributed by atoms with Crippen molar-refractivity contribution < 1.29 is 0 Å². The molecule has 113 heavy (non-hydrogen) atoms. The van der Waals surface area contributed by atoms with Crippen molar-refractivity contribution in [3.8, 4) is 110 Å². The van der Waals surface area contributed by atoms with Crippen LogP contribution in [-0.4, -0.2) is 13.4 Å². The van der Waals surface area contributed by atoms with E-state index in [1.54, 1.807) is 0 Å². The zero-order valence-corrected chi connectivity index (χ0v) is 62.4. The maximum absolute atomic E-state index is 2.79. The van der Waals surface area contributed by atoms with Crippen LogP contribution in [0.5, 0.6) is 0 Å². The molecule has 18 aromatic rings. The van der Waals surface area contributed by atoms with E-state index in [2.05, 4.69) is 432 Å². The number of thiophene rings is 1. The lowest BCUT2D eigenvalue weighted by Gasteiger charge is -2.52. The third kappa shape index (κ3) is 10.5. The number of hydrogen-bond acceptors (Lipinski definition) is 5. The maximum atomic E-state index is 2.79. The summed E-state index contributed by atoms with van der Waals surface area (Å²) in [5, 5.41) is 0. The van der Waals surface area contributed by atoms with Crippen molar-refractivity contribution in [2.24, 2.45) is 0 Å². The highest BCUT2D eigenvalue weighted by Crippen LogP contribution is 2.66. The molecule has 1 aromatic heterocycles. The molecule has 5 aliphatic heterocycles. The van der Waals surface area contributed by atoms with Crippen LogP contribution in [0, 0.1) is 0 Å². The summed E-state index contributed by atoms with van der Waals surface area (Å²) in [5.41, 5.74) is 42.1. The molecule has 5 aliphatic rings. The Morgan fingerprint density at radius 3 is 0.761 bits per heavy atom. The molecule has 0 saturated carbocycles. The molecule has 0 amide bonds. The number of nitrogens with zero attached hydrogens (tertiary/aromatic N) is 4. The molecule has 4 nitrogen and oxygen atoms in total. The summed E-state index contributed by atoms with van der Waals surface area (Å²) in [6.45, 7) is -0.481. The van der Waals surface area contributed by atoms with Crippen molar-refractivity contribution >= 4 is 126 Å². The Morgan fingerprint density at radius 2 is 0.416 bits per heavy atom. The van der Waals surface area contributed by atoms with Crippen LogP contribution >= 0.6 is 11.3 Å². The van der Waals surface area contributed by atoms with E-state index < -0.39 is 0 Å². The monoisotopic (exact) mass is 1450 g/mol. The summed E-state index contributed by atoms with van der Waals surface area (Å²) < 4.78 is 0. The molecular formula is C106H68B2N4S. The lowest BCUT2D eigenvalue weighted by molar-refractivity contribution is 1.18. The normalized spacial score (nSPS) is 12.8. The third-order valence-corrected chi connectivity index (χ3v) is 25.1. The summed E-state index contributed by atoms with van der Waals surface area (Å²) in [7, 11) is 0. The first-order chi connectivity index (χ1) is 56.1. The average Bonchev–Trinajstić information content (AvgIpc) is 1.08. The number of hydrogen-bond donors (Lipinski definition) is 0. The van der Waals surface area contributed by atoms with Gasteiger partial charge in [-0.05, 0) is 206 Å². The SMILES string of the molecule is c1ccc(-c2cc(-c3ccccc3)cc(N3c4ccc(-c5ccccc5)cc4B4c5ccc6c7c5N(c5cc(-c8ccccc8)cc3c54)c3c(-c4ccccc4)sc(-c4ccccc4)c3N7c3cc(-c4ccccc4)cc4c3B6c3ccc(-c5ccccc5)cc3N4c3cc(-c4ccccc4)cc(-c4ccccc4)c3)c2)cc1. The van der Waals surface area contributed by atoms with Crippen LogP contribution in [-0.2, 0) is 0 Å². The van der Waals surface area contributed by atoms with Gasteiger partial charge >= 0.3 is 0 Å². The fraction of sp³-hybridized carbons (Fsp3) is 0. The maximum Gasteiger partial charge on any atom is 0.252 e. The van der Waals surface area contributed by atoms with Crippen LogP contribution in [0.25, 0.3) is 110 Å². The van der Waals surface area contributed by atoms with Gasteiger partial charge < -0.3 is 19.6 Å². The first-order valence-electron chi connectivity index (χ1n) is 39.1. The average molecular weight is 1450 g/mol. The molecule has 23 rings (SSSR count). The van der Waals surface area contributed by atoms with E-state index in [-0.39, 0.29) is 13.4 Å². The minimum Gasteiger partial charge on any atom is -0.311 e. The van der Waals surface area contributed by atoms with E-state index in [0.717, 1.165) is 140 Å². The van der Waals surface area contributed by atoms with Crippen LogP contribution in [0.15, 0.2) is 413 Å². The van der Waals surface area contributed by atoms with Gasteiger partial charge in [0.05, 0.1) is 32.5 Å². The van der Waals surface area contributed by atoms with E-state index in [0.29, 0.717) is 0 Å². The van der Waals surface area contributed by atoms with Gasteiger partial charge in [0.15, 0.2) is 0 Å². The van der Waals surface area contributed by atoms with Gasteiger partial charge in [0, 0.05) is 45.5 Å². The topological polar surface area (TPSA) is 13.0 Å². The van der Waals surface area contributed by atoms with Gasteiger partial charge in [0.25, 0.3) is 13.4 Å². The predicted octanol–water partition coefficient (Wildman–Crippen LogP) is 24.9. The van der Waals surface area contributed by atoms with Crippen molar-refractivity contribution in [3.63, 3.8) is 0 Å². The molecule has 0 N–H and O–H groups in total. The highest BCUT2D eigenvalue weighted by Gasteiger charge is 2.54. The Labute approximate surface area is 663 Å². The summed E-state index contributed by atoms with van der Waals surface area (Å²) in [5.74, 6) is 0. The second-order valence-electron chi connectivity index (χ2n) is 30.2. The largest absolute Gasteiger partial charge is 0.311 e. The zero-order chi connectivity index (χ0) is 74.2. The number of benzene rings is 17. The van der Waals surface area contributed by atoms with Crippen LogP contribution in [0.2, 0.25) is 0 Å². The predicted molar refractivity (Wildman–Crippen MR) is 480 cm³/mol. The highest BCUT2D eigenvalue weighted by molar-refractivity contribution is 7.20. The second kappa shape index (κ2) is 26.2. The zero-order valence-electron chi connectivity index (χ0n) is 61.6. The molecule has 0 bridgehead atoms. The fourth-order valence-electron chi connectivity index (χ4n) is 18.9. The molecule has 6 heterocycles. The van der Waals surface area contributed by atoms with Gasteiger partial charge in [-0.25, -0.2) is 0 Å². The van der Waals surface area contributed by atoms with Crippen LogP contribution in [0.3, 0.4) is 0 Å². The quantitative estimate of drug-likeness (QED) is 0.113. The van der Waals surface area contributed by atoms with Crippen molar-refractivity contribution in [1.82, 2.24) is 0 Å². The van der Waals surface area contributed by atoms with Gasteiger partial charge in [-0.3, -0.25) is 0 Å². The molecule has 0 spiro atoms. The van der Waals surface area contributed by atoms with Crippen LogP contribution in [0.4, 0.5) is 68.2 Å². The Bertz CT molecular complexity index is 6670. The molecule has 7 heteroatoms. The van der Waals surface area contributed by atoms with E-state index >= 15 is 0 Å². The summed E-state index contributed by atoms with van der Waals surface area (Å²) >= 11 is 1.92. The lowest BCUT2D eigenvalue weighted by atomic mass is 9.30. The molecule has 0 fully saturated rings. The highest BCUT2D eigenvalue weighted by atomic mass is 32.1. The summed E-state index contributed by atoms with van der Waals surface area (Å²) in [6, 6.07) is 155. The van der Waals surface area contributed by atoms with Gasteiger partial charge in [0.1, 0.15) is 0 Å². The lowest BCUT2D eigenvalue weighted by Crippen LogP contribution is -2.65. The Kier molecular flexibility index (Phi) is 15.0. The van der Waals surface area contributed by atoms with Crippen molar-refractivity contribution in [3.05, 3.63) is 413 Å². The number of fused-ring (bicyclic) bond motifs is 11. The molecular weight excluding hydrogens is 1380 g/mol. The minimum absolute atomic E-state index is 0.235. The van der Waals surface area contributed by atoms with E-state index in [9.17, 15) is 0 Å². The van der Waals surface area contributed by atoms with Gasteiger partial charge in [-0.15, -0.1) is 11.3 Å². The molecule has 0 saturated heterocycles. The van der Waals surface area contributed by atoms with Crippen LogP contribution in [0.1, 0.15) is 0 Å². The third-order valence-electron chi connectivity index (χ3n) is 23.8. The first-order valence-corrected chi connectivity index (χ1v) is 39.9. The van der Waals surface area contributed by atoms with E-state index in [1.807, 2.05) is 11.3 Å². The van der Waals surface area contributed by atoms with E-state index in [1.165, 1.54) is 70.6 Å². The van der Waals surface area contributed by atoms with Crippen molar-refractivity contribution in [2.75, 3.05) is 19.6 Å². The second-order valence-corrected chi connectivity index (χ2v) is 31.2. The van der Waals surface area contributed by atoms with E-state index in [4.69, 9.17) is 0 Å². The molecule has 0 unspecified atom stereocenters. The van der Waals surface area contributed by atoms with Gasteiger partial charge in [0.2, 0.25) is 0 Å². The van der Waals surface area contributed by atoms with Gasteiger partial charge in [-0.1, -0.05) is 340 Å². The van der Waals surface area contributed by atoms with Crippen LogP contribution < -0.4 is 52.4 Å². The number of anilines is 12. The first kappa shape index (κ1) is 64.7. The summed E-state index contributed by atoms with van der Waals surface area (Å²) in [6.07, 6.45) is 0. The summed E-state index contributed by atoms with van der Waals surface area (Å²) in [4.78, 5) is 13.2. The number of rotatable bonds is 12. The standard InChI is InChI=1S/C106H68B2N4S/c1-11-31-69(32-12-1)79-52-56-93-92(63-79)108-91-55-54-90-101-102(91)112(98-68-85(75-43-23-7-24-44-75)65-95(100(98)108)109(93)87-59-81(71-35-15-3-16-36-71)57-82(60-87)72-37-17-4-18-38-72)104-103(105(77-47-27-9-28-48-77)113-106(104)78-49-29-10-30-50-78)111(101)97-67-86(76-45-25-8-26-46-76)66-96-99(97)107(90)89-53-51-80(70-33-13-2-14-34-70)64-94(89)110(96)88-61-83(73-39-19-5-20-40-73)58-84(62-88)74-41-21-6-22-42-74/h1-68H. The molecule has 524 valence electrons. The minimum atomic E-state index is -0.246. The van der Waals surface area contributed by atoms with Gasteiger partial charge in [-0.2, -0.15) is 0 Å².